The Morgan fingerprint density at radius 2 is 1.59 bits per heavy atom. The summed E-state index contributed by atoms with van der Waals surface area (Å²) in [5.41, 5.74) is 1.28. The summed E-state index contributed by atoms with van der Waals surface area (Å²) in [6, 6.07) is 14.5. The number of alkyl halides is 2. The molecule has 8 nitrogen and oxygen atoms in total. The van der Waals surface area contributed by atoms with Gasteiger partial charge in [0.2, 0.25) is 5.92 Å². The van der Waals surface area contributed by atoms with Crippen molar-refractivity contribution in [2.45, 2.75) is 69.1 Å². The van der Waals surface area contributed by atoms with E-state index >= 15 is 0 Å². The number of ether oxygens (including phenoxy) is 2. The van der Waals surface area contributed by atoms with Crippen LogP contribution >= 0.6 is 0 Å². The van der Waals surface area contributed by atoms with Gasteiger partial charge in [0.25, 0.3) is 0 Å². The number of hydrogen-bond donors (Lipinski definition) is 1. The highest BCUT2D eigenvalue weighted by atomic mass is 19.3. The lowest BCUT2D eigenvalue weighted by Gasteiger charge is -2.53. The first-order chi connectivity index (χ1) is 18.3. The van der Waals surface area contributed by atoms with Crippen molar-refractivity contribution in [1.82, 2.24) is 9.80 Å². The summed E-state index contributed by atoms with van der Waals surface area (Å²) in [6.07, 6.45) is -2.91. The standard InChI is InChI=1S/C29H32F2N2O6/c1-27(2,3)39-25(36)32-16-28(17-32,24(34)35)33(18-12-13-29(30,31)14-18)26(37)38-15-23-21-10-6-4-8-19(21)20-9-5-7-11-22(20)23/h4-11,18,23H,12-17H2,1-3H3,(H,34,35). The highest BCUT2D eigenvalue weighted by molar-refractivity contribution is 5.89. The number of aliphatic carboxylic acids is 1. The molecule has 5 rings (SSSR count). The first kappa shape index (κ1) is 26.9. The Bertz CT molecular complexity index is 1260. The lowest BCUT2D eigenvalue weighted by molar-refractivity contribution is -0.165. The van der Waals surface area contributed by atoms with Gasteiger partial charge in [0.15, 0.2) is 5.54 Å². The fourth-order valence-corrected chi connectivity index (χ4v) is 5.92. The molecule has 1 atom stereocenters. The van der Waals surface area contributed by atoms with Crippen LogP contribution in [0.2, 0.25) is 0 Å². The van der Waals surface area contributed by atoms with Crippen molar-refractivity contribution in [2.75, 3.05) is 19.7 Å². The van der Waals surface area contributed by atoms with E-state index in [-0.39, 0.29) is 32.0 Å². The molecule has 1 N–H and O–H groups in total. The number of amides is 2. The minimum absolute atomic E-state index is 0.0708. The van der Waals surface area contributed by atoms with E-state index in [9.17, 15) is 28.3 Å². The summed E-state index contributed by atoms with van der Waals surface area (Å²) in [7, 11) is 0. The molecule has 0 bridgehead atoms. The van der Waals surface area contributed by atoms with Crippen molar-refractivity contribution in [3.05, 3.63) is 59.7 Å². The fraction of sp³-hybridized carbons (Fsp3) is 0.483. The third-order valence-corrected chi connectivity index (χ3v) is 7.69. The number of carbonyl (C=O) groups excluding carboxylic acids is 2. The highest BCUT2D eigenvalue weighted by Crippen LogP contribution is 2.46. The summed E-state index contributed by atoms with van der Waals surface area (Å²) in [6.45, 7) is 4.18. The zero-order chi connectivity index (χ0) is 28.2. The number of halogens is 2. The van der Waals surface area contributed by atoms with Gasteiger partial charge < -0.3 is 19.5 Å². The van der Waals surface area contributed by atoms with E-state index < -0.39 is 54.1 Å². The van der Waals surface area contributed by atoms with Gasteiger partial charge in [-0.1, -0.05) is 48.5 Å². The molecule has 2 amide bonds. The Hall–Kier alpha value is -3.69. The summed E-state index contributed by atoms with van der Waals surface area (Å²) in [4.78, 5) is 40.9. The maximum atomic E-state index is 14.3. The average Bonchev–Trinajstić information content (AvgIpc) is 3.34. The SMILES string of the molecule is CC(C)(C)OC(=O)N1CC(C(=O)O)(N(C(=O)OCC2c3ccccc3-c3ccccc32)C2CCC(F)(F)C2)C1. The molecular weight excluding hydrogens is 510 g/mol. The Balaban J connectivity index is 1.40. The van der Waals surface area contributed by atoms with Crippen molar-refractivity contribution in [1.29, 1.82) is 0 Å². The summed E-state index contributed by atoms with van der Waals surface area (Å²) in [5, 5.41) is 10.2. The van der Waals surface area contributed by atoms with Crippen LogP contribution in [0.15, 0.2) is 48.5 Å². The van der Waals surface area contributed by atoms with Crippen molar-refractivity contribution in [3.8, 4) is 11.1 Å². The predicted octanol–water partition coefficient (Wildman–Crippen LogP) is 5.50. The maximum absolute atomic E-state index is 14.3. The minimum atomic E-state index is -3.03. The number of likely N-dealkylation sites (tertiary alicyclic amines) is 1. The van der Waals surface area contributed by atoms with Crippen molar-refractivity contribution >= 4 is 18.2 Å². The van der Waals surface area contributed by atoms with E-state index in [0.717, 1.165) is 32.1 Å². The quantitative estimate of drug-likeness (QED) is 0.536. The lowest BCUT2D eigenvalue weighted by atomic mass is 9.86. The molecule has 3 aliphatic rings. The van der Waals surface area contributed by atoms with Crippen LogP contribution in [0.5, 0.6) is 0 Å². The predicted molar refractivity (Wildman–Crippen MR) is 138 cm³/mol. The van der Waals surface area contributed by atoms with Crippen LogP contribution in [0.3, 0.4) is 0 Å². The lowest BCUT2D eigenvalue weighted by Crippen LogP contribution is -2.77. The van der Waals surface area contributed by atoms with E-state index in [4.69, 9.17) is 9.47 Å². The zero-order valence-corrected chi connectivity index (χ0v) is 22.2. The molecule has 1 heterocycles. The number of fused-ring (bicyclic) bond motifs is 3. The first-order valence-electron chi connectivity index (χ1n) is 13.0. The highest BCUT2D eigenvalue weighted by Gasteiger charge is 2.62. The molecule has 2 aliphatic carbocycles. The second-order valence-corrected chi connectivity index (χ2v) is 11.6. The van der Waals surface area contributed by atoms with Gasteiger partial charge in [0, 0.05) is 24.8 Å². The zero-order valence-electron chi connectivity index (χ0n) is 22.2. The molecule has 2 aromatic carbocycles. The number of nitrogens with zero attached hydrogens (tertiary/aromatic N) is 2. The molecule has 1 saturated heterocycles. The summed E-state index contributed by atoms with van der Waals surface area (Å²) < 4.78 is 39.6. The van der Waals surface area contributed by atoms with Gasteiger partial charge in [0.05, 0.1) is 13.1 Å². The van der Waals surface area contributed by atoms with Gasteiger partial charge in [-0.25, -0.2) is 23.2 Å². The Labute approximate surface area is 225 Å². The van der Waals surface area contributed by atoms with Crippen molar-refractivity contribution in [2.24, 2.45) is 0 Å². The molecular formula is C29H32F2N2O6. The normalized spacial score (nSPS) is 20.9. The Kier molecular flexibility index (Phi) is 6.55. The Morgan fingerprint density at radius 1 is 1.03 bits per heavy atom. The van der Waals surface area contributed by atoms with Crippen LogP contribution in [0.25, 0.3) is 11.1 Å². The van der Waals surface area contributed by atoms with Gasteiger partial charge in [-0.15, -0.1) is 0 Å². The van der Waals surface area contributed by atoms with Gasteiger partial charge in [-0.05, 0) is 49.4 Å². The number of rotatable bonds is 5. The largest absolute Gasteiger partial charge is 0.479 e. The molecule has 208 valence electrons. The van der Waals surface area contributed by atoms with E-state index in [1.165, 1.54) is 0 Å². The second kappa shape index (κ2) is 9.50. The van der Waals surface area contributed by atoms with E-state index in [2.05, 4.69) is 0 Å². The van der Waals surface area contributed by atoms with Gasteiger partial charge in [0.1, 0.15) is 12.2 Å². The molecule has 1 saturated carbocycles. The number of carboxylic acids is 1. The number of carbonyl (C=O) groups is 3. The van der Waals surface area contributed by atoms with Crippen LogP contribution in [0.4, 0.5) is 18.4 Å². The third kappa shape index (κ3) is 4.92. The molecule has 39 heavy (non-hydrogen) atoms. The van der Waals surface area contributed by atoms with Crippen LogP contribution in [0, 0.1) is 0 Å². The van der Waals surface area contributed by atoms with Crippen molar-refractivity contribution in [3.63, 3.8) is 0 Å². The average molecular weight is 543 g/mol. The van der Waals surface area contributed by atoms with Crippen LogP contribution in [-0.2, 0) is 14.3 Å². The molecule has 0 radical (unpaired) electrons. The number of hydrogen-bond acceptors (Lipinski definition) is 5. The molecule has 2 aromatic rings. The first-order valence-corrected chi connectivity index (χ1v) is 13.0. The summed E-state index contributed by atoms with van der Waals surface area (Å²) >= 11 is 0. The fourth-order valence-electron chi connectivity index (χ4n) is 5.92. The van der Waals surface area contributed by atoms with Gasteiger partial charge >= 0.3 is 18.2 Å². The maximum Gasteiger partial charge on any atom is 0.411 e. The topological polar surface area (TPSA) is 96.4 Å². The van der Waals surface area contributed by atoms with Gasteiger partial charge in [-0.2, -0.15) is 0 Å². The van der Waals surface area contributed by atoms with E-state index in [1.807, 2.05) is 48.5 Å². The molecule has 0 spiro atoms. The monoisotopic (exact) mass is 542 g/mol. The molecule has 1 aliphatic heterocycles. The van der Waals surface area contributed by atoms with Crippen LogP contribution in [0.1, 0.15) is 57.1 Å². The van der Waals surface area contributed by atoms with Gasteiger partial charge in [-0.3, -0.25) is 4.90 Å². The molecule has 10 heteroatoms. The number of benzene rings is 2. The third-order valence-electron chi connectivity index (χ3n) is 7.69. The molecule has 1 unspecified atom stereocenters. The molecule has 2 fully saturated rings. The summed E-state index contributed by atoms with van der Waals surface area (Å²) in [5.74, 6) is -4.69. The van der Waals surface area contributed by atoms with Crippen LogP contribution in [-0.4, -0.2) is 75.9 Å². The van der Waals surface area contributed by atoms with E-state index in [1.54, 1.807) is 20.8 Å². The second-order valence-electron chi connectivity index (χ2n) is 11.6. The smallest absolute Gasteiger partial charge is 0.411 e. The number of carboxylic acid groups (broad SMARTS) is 1. The van der Waals surface area contributed by atoms with Crippen molar-refractivity contribution < 1.29 is 37.7 Å². The Morgan fingerprint density at radius 3 is 2.08 bits per heavy atom. The molecule has 0 aromatic heterocycles. The van der Waals surface area contributed by atoms with E-state index in [0.29, 0.717) is 0 Å². The van der Waals surface area contributed by atoms with Crippen LogP contribution < -0.4 is 0 Å². The minimum Gasteiger partial charge on any atom is -0.479 e.